The smallest absolute Gasteiger partial charge is 0.317 e. The van der Waals surface area contributed by atoms with Gasteiger partial charge in [0, 0.05) is 10.5 Å². The molecule has 2 aromatic carbocycles. The lowest BCUT2D eigenvalue weighted by molar-refractivity contribution is -0.152. The van der Waals surface area contributed by atoms with Crippen LogP contribution in [0.15, 0.2) is 53.4 Å². The summed E-state index contributed by atoms with van der Waals surface area (Å²) in [5, 5.41) is 0. The number of fused-ring (bicyclic) bond motifs is 1. The molecular formula is C21H22N2O4S. The second-order valence-corrected chi connectivity index (χ2v) is 7.56. The molecule has 0 bridgehead atoms. The summed E-state index contributed by atoms with van der Waals surface area (Å²) in [4.78, 5) is 36.9. The van der Waals surface area contributed by atoms with Crippen LogP contribution in [0.3, 0.4) is 0 Å². The fourth-order valence-electron chi connectivity index (χ4n) is 2.95. The molecule has 1 aliphatic rings. The van der Waals surface area contributed by atoms with Crippen molar-refractivity contribution >= 4 is 29.5 Å². The van der Waals surface area contributed by atoms with E-state index in [-0.39, 0.29) is 5.75 Å². The second kappa shape index (κ2) is 9.41. The fourth-order valence-corrected chi connectivity index (χ4v) is 3.69. The quantitative estimate of drug-likeness (QED) is 0.444. The first-order valence-corrected chi connectivity index (χ1v) is 10.1. The van der Waals surface area contributed by atoms with Gasteiger partial charge in [-0.25, -0.2) is 0 Å². The van der Waals surface area contributed by atoms with Crippen molar-refractivity contribution in [1.82, 2.24) is 10.9 Å². The van der Waals surface area contributed by atoms with Gasteiger partial charge < -0.3 is 4.74 Å². The molecule has 0 aliphatic heterocycles. The van der Waals surface area contributed by atoms with E-state index in [1.54, 1.807) is 30.3 Å². The summed E-state index contributed by atoms with van der Waals surface area (Å²) >= 11 is 1.39. The van der Waals surface area contributed by atoms with Crippen molar-refractivity contribution < 1.29 is 19.1 Å². The van der Waals surface area contributed by atoms with E-state index >= 15 is 0 Å². The number of thioether (sulfide) groups is 1. The largest absolute Gasteiger partial charge is 0.452 e. The number of hydrogen-bond acceptors (Lipinski definition) is 5. The highest BCUT2D eigenvalue weighted by Gasteiger charge is 2.19. The number of carbonyl (C=O) groups is 3. The maximum Gasteiger partial charge on any atom is 0.317 e. The number of amides is 2. The molecule has 146 valence electrons. The molecule has 1 aliphatic carbocycles. The van der Waals surface area contributed by atoms with E-state index in [1.807, 2.05) is 6.07 Å². The van der Waals surface area contributed by atoms with Gasteiger partial charge in [0.05, 0.1) is 5.75 Å². The van der Waals surface area contributed by atoms with E-state index in [1.165, 1.54) is 36.2 Å². The first-order valence-electron chi connectivity index (χ1n) is 9.12. The van der Waals surface area contributed by atoms with Crippen LogP contribution in [0.25, 0.3) is 0 Å². The molecule has 2 N–H and O–H groups in total. The van der Waals surface area contributed by atoms with Gasteiger partial charge >= 0.3 is 5.97 Å². The number of aryl methyl sites for hydroxylation is 2. The zero-order valence-corrected chi connectivity index (χ0v) is 16.4. The Morgan fingerprint density at radius 1 is 1.04 bits per heavy atom. The van der Waals surface area contributed by atoms with Gasteiger partial charge in [0.15, 0.2) is 6.10 Å². The minimum Gasteiger partial charge on any atom is -0.452 e. The molecule has 0 aromatic heterocycles. The number of carbonyl (C=O) groups excluding carboxylic acids is 3. The van der Waals surface area contributed by atoms with Gasteiger partial charge in [0.2, 0.25) is 0 Å². The number of rotatable bonds is 6. The van der Waals surface area contributed by atoms with Gasteiger partial charge in [-0.2, -0.15) is 0 Å². The molecule has 28 heavy (non-hydrogen) atoms. The van der Waals surface area contributed by atoms with Crippen LogP contribution in [-0.2, 0) is 27.2 Å². The molecule has 0 spiro atoms. The SMILES string of the molecule is C[C@@H](OC(=O)CSc1ccc2c(c1)CCC2)C(=O)NNC(=O)c1ccccc1. The molecule has 0 fully saturated rings. The summed E-state index contributed by atoms with van der Waals surface area (Å²) in [7, 11) is 0. The molecule has 7 heteroatoms. The molecular weight excluding hydrogens is 376 g/mol. The van der Waals surface area contributed by atoms with Gasteiger partial charge in [-0.15, -0.1) is 11.8 Å². The molecule has 1 atom stereocenters. The summed E-state index contributed by atoms with van der Waals surface area (Å²) in [5.41, 5.74) is 7.71. The number of esters is 1. The number of hydrogen-bond donors (Lipinski definition) is 2. The van der Waals surface area contributed by atoms with E-state index in [0.717, 1.165) is 17.7 Å². The van der Waals surface area contributed by atoms with Crippen LogP contribution in [0.5, 0.6) is 0 Å². The van der Waals surface area contributed by atoms with E-state index in [2.05, 4.69) is 23.0 Å². The monoisotopic (exact) mass is 398 g/mol. The molecule has 0 saturated heterocycles. The summed E-state index contributed by atoms with van der Waals surface area (Å²) in [6.07, 6.45) is 2.37. The first kappa shape index (κ1) is 19.9. The van der Waals surface area contributed by atoms with Crippen LogP contribution in [0.4, 0.5) is 0 Å². The van der Waals surface area contributed by atoms with Crippen molar-refractivity contribution in [2.24, 2.45) is 0 Å². The Bertz CT molecular complexity index is 870. The van der Waals surface area contributed by atoms with Crippen LogP contribution in [0.2, 0.25) is 0 Å². The maximum absolute atomic E-state index is 12.0. The summed E-state index contributed by atoms with van der Waals surface area (Å²) in [6, 6.07) is 14.7. The minimum absolute atomic E-state index is 0.118. The summed E-state index contributed by atoms with van der Waals surface area (Å²) < 4.78 is 5.14. The molecule has 0 saturated carbocycles. The van der Waals surface area contributed by atoms with Crippen molar-refractivity contribution in [2.45, 2.75) is 37.2 Å². The number of benzene rings is 2. The maximum atomic E-state index is 12.0. The zero-order valence-electron chi connectivity index (χ0n) is 15.6. The van der Waals surface area contributed by atoms with Crippen LogP contribution < -0.4 is 10.9 Å². The number of hydrazine groups is 1. The number of nitrogens with one attached hydrogen (secondary N) is 2. The third-order valence-electron chi connectivity index (χ3n) is 4.44. The van der Waals surface area contributed by atoms with Gasteiger partial charge in [-0.1, -0.05) is 24.3 Å². The number of ether oxygens (including phenoxy) is 1. The Morgan fingerprint density at radius 3 is 2.57 bits per heavy atom. The Balaban J connectivity index is 1.40. The highest BCUT2D eigenvalue weighted by molar-refractivity contribution is 8.00. The molecule has 0 radical (unpaired) electrons. The highest BCUT2D eigenvalue weighted by Crippen LogP contribution is 2.27. The predicted octanol–water partition coefficient (Wildman–Crippen LogP) is 2.66. The molecule has 3 rings (SSSR count). The topological polar surface area (TPSA) is 84.5 Å². The van der Waals surface area contributed by atoms with Crippen LogP contribution in [0, 0.1) is 0 Å². The Labute approximate surface area is 168 Å². The molecule has 2 aromatic rings. The third-order valence-corrected chi connectivity index (χ3v) is 5.41. The zero-order chi connectivity index (χ0) is 19.9. The molecule has 2 amide bonds. The normalized spacial score (nSPS) is 13.3. The Hall–Kier alpha value is -2.80. The van der Waals surface area contributed by atoms with Gasteiger partial charge in [0.1, 0.15) is 0 Å². The molecule has 0 unspecified atom stereocenters. The van der Waals surface area contributed by atoms with Crippen molar-refractivity contribution in [3.05, 3.63) is 65.2 Å². The lowest BCUT2D eigenvalue weighted by Crippen LogP contribution is -2.46. The van der Waals surface area contributed by atoms with Crippen molar-refractivity contribution in [1.29, 1.82) is 0 Å². The third kappa shape index (κ3) is 5.36. The van der Waals surface area contributed by atoms with Crippen LogP contribution >= 0.6 is 11.8 Å². The fraction of sp³-hybridized carbons (Fsp3) is 0.286. The Morgan fingerprint density at radius 2 is 1.79 bits per heavy atom. The standard InChI is InChI=1S/C21H22N2O4S/c1-14(20(25)22-23-21(26)16-6-3-2-4-7-16)27-19(24)13-28-18-11-10-15-8-5-9-17(15)12-18/h2-4,6-7,10-12,14H,5,8-9,13H2,1H3,(H,22,25)(H,23,26)/t14-/m1/s1. The average molecular weight is 398 g/mol. The minimum atomic E-state index is -1.01. The van der Waals surface area contributed by atoms with Crippen molar-refractivity contribution in [2.75, 3.05) is 5.75 Å². The summed E-state index contributed by atoms with van der Waals surface area (Å²) in [5.74, 6) is -1.41. The molecule has 0 heterocycles. The van der Waals surface area contributed by atoms with Crippen molar-refractivity contribution in [3.8, 4) is 0 Å². The van der Waals surface area contributed by atoms with Crippen LogP contribution in [0.1, 0.15) is 34.8 Å². The Kier molecular flexibility index (Phi) is 6.71. The lowest BCUT2D eigenvalue weighted by atomic mass is 10.1. The van der Waals surface area contributed by atoms with E-state index in [4.69, 9.17) is 4.74 Å². The lowest BCUT2D eigenvalue weighted by Gasteiger charge is -2.14. The van der Waals surface area contributed by atoms with Gasteiger partial charge in [-0.3, -0.25) is 25.2 Å². The van der Waals surface area contributed by atoms with Gasteiger partial charge in [0.25, 0.3) is 11.8 Å². The second-order valence-electron chi connectivity index (χ2n) is 6.51. The van der Waals surface area contributed by atoms with Crippen molar-refractivity contribution in [3.63, 3.8) is 0 Å². The van der Waals surface area contributed by atoms with E-state index in [0.29, 0.717) is 5.56 Å². The summed E-state index contributed by atoms with van der Waals surface area (Å²) in [6.45, 7) is 1.46. The average Bonchev–Trinajstić information content (AvgIpc) is 3.18. The first-order chi connectivity index (χ1) is 13.5. The predicted molar refractivity (Wildman–Crippen MR) is 107 cm³/mol. The highest BCUT2D eigenvalue weighted by atomic mass is 32.2. The van der Waals surface area contributed by atoms with E-state index in [9.17, 15) is 14.4 Å². The van der Waals surface area contributed by atoms with Crippen LogP contribution in [-0.4, -0.2) is 29.6 Å². The molecule has 6 nitrogen and oxygen atoms in total. The van der Waals surface area contributed by atoms with Gasteiger partial charge in [-0.05, 0) is 61.6 Å². The van der Waals surface area contributed by atoms with E-state index < -0.39 is 23.9 Å².